The predicted molar refractivity (Wildman–Crippen MR) is 75.2 cm³/mol. The molecule has 0 radical (unpaired) electrons. The Balaban J connectivity index is 2.21. The molecule has 3 heterocycles. The summed E-state index contributed by atoms with van der Waals surface area (Å²) in [6, 6.07) is 3.72. The Morgan fingerprint density at radius 1 is 1.40 bits per heavy atom. The van der Waals surface area contributed by atoms with Crippen LogP contribution in [0.4, 0.5) is 5.82 Å². The highest BCUT2D eigenvalue weighted by Gasteiger charge is 2.24. The van der Waals surface area contributed by atoms with Gasteiger partial charge in [0.15, 0.2) is 0 Å². The lowest BCUT2D eigenvalue weighted by molar-refractivity contribution is -0.129. The van der Waals surface area contributed by atoms with Crippen molar-refractivity contribution in [2.24, 2.45) is 0 Å². The van der Waals surface area contributed by atoms with E-state index in [1.54, 1.807) is 9.47 Å². The summed E-state index contributed by atoms with van der Waals surface area (Å²) in [5.74, 6) is 0.430. The summed E-state index contributed by atoms with van der Waals surface area (Å²) in [4.78, 5) is 29.9. The molecule has 0 fully saturated rings. The number of nitrogens with two attached hydrogens (primary N) is 1. The van der Waals surface area contributed by atoms with Gasteiger partial charge in [-0.1, -0.05) is 0 Å². The molecule has 0 spiro atoms. The molecule has 1 aliphatic heterocycles. The van der Waals surface area contributed by atoms with E-state index in [1.807, 2.05) is 19.1 Å². The van der Waals surface area contributed by atoms with Crippen LogP contribution in [0.3, 0.4) is 0 Å². The third-order valence-corrected chi connectivity index (χ3v) is 3.74. The van der Waals surface area contributed by atoms with Gasteiger partial charge in [-0.2, -0.15) is 0 Å². The first-order valence-electron chi connectivity index (χ1n) is 6.53. The largest absolute Gasteiger partial charge is 0.383 e. The topological polar surface area (TPSA) is 81.2 Å². The highest BCUT2D eigenvalue weighted by molar-refractivity contribution is 5.94. The van der Waals surface area contributed by atoms with Crippen molar-refractivity contribution in [2.45, 2.75) is 26.8 Å². The first kappa shape index (κ1) is 12.7. The quantitative estimate of drug-likeness (QED) is 0.784. The highest BCUT2D eigenvalue weighted by atomic mass is 16.2. The summed E-state index contributed by atoms with van der Waals surface area (Å²) in [7, 11) is 0. The minimum Gasteiger partial charge on any atom is -0.383 e. The fraction of sp³-hybridized carbons (Fsp3) is 0.357. The molecule has 0 aromatic carbocycles. The first-order chi connectivity index (χ1) is 9.47. The fourth-order valence-corrected chi connectivity index (χ4v) is 2.59. The van der Waals surface area contributed by atoms with Crippen molar-refractivity contribution in [1.29, 1.82) is 0 Å². The molecular weight excluding hydrogens is 256 g/mol. The van der Waals surface area contributed by atoms with Crippen LogP contribution in [0.15, 0.2) is 12.1 Å². The maximum atomic E-state index is 12.3. The smallest absolute Gasteiger partial charge is 0.233 e. The van der Waals surface area contributed by atoms with E-state index in [0.717, 1.165) is 16.8 Å². The molecule has 0 aliphatic carbocycles. The van der Waals surface area contributed by atoms with Crippen molar-refractivity contribution in [1.82, 2.24) is 14.5 Å². The van der Waals surface area contributed by atoms with E-state index < -0.39 is 0 Å². The van der Waals surface area contributed by atoms with Crippen LogP contribution in [0.5, 0.6) is 0 Å². The molecule has 2 aromatic heterocycles. The summed E-state index contributed by atoms with van der Waals surface area (Å²) < 4.78 is 1.66. The zero-order chi connectivity index (χ0) is 14.4. The number of amides is 1. The summed E-state index contributed by atoms with van der Waals surface area (Å²) in [6.45, 7) is 4.27. The number of fused-ring (bicyclic) bond motifs is 3. The van der Waals surface area contributed by atoms with E-state index >= 15 is 0 Å². The minimum atomic E-state index is -0.0276. The number of nitrogen functional groups attached to an aromatic ring is 1. The van der Waals surface area contributed by atoms with Crippen molar-refractivity contribution in [3.8, 4) is 0 Å². The molecule has 0 saturated carbocycles. The van der Waals surface area contributed by atoms with E-state index in [-0.39, 0.29) is 11.8 Å². The van der Waals surface area contributed by atoms with Gasteiger partial charge in [-0.3, -0.25) is 14.2 Å². The molecule has 0 saturated heterocycles. The number of rotatable bonds is 0. The second-order valence-corrected chi connectivity index (χ2v) is 5.15. The second-order valence-electron chi connectivity index (χ2n) is 5.15. The average molecular weight is 272 g/mol. The summed E-state index contributed by atoms with van der Waals surface area (Å²) >= 11 is 0. The van der Waals surface area contributed by atoms with Crippen LogP contribution in [0, 0.1) is 6.92 Å². The van der Waals surface area contributed by atoms with E-state index in [4.69, 9.17) is 5.73 Å². The Morgan fingerprint density at radius 2 is 2.15 bits per heavy atom. The molecule has 0 atom stereocenters. The van der Waals surface area contributed by atoms with Crippen molar-refractivity contribution in [3.63, 3.8) is 0 Å². The second kappa shape index (κ2) is 4.33. The van der Waals surface area contributed by atoms with Gasteiger partial charge in [-0.25, -0.2) is 4.98 Å². The zero-order valence-electron chi connectivity index (χ0n) is 11.5. The third-order valence-electron chi connectivity index (χ3n) is 3.74. The summed E-state index contributed by atoms with van der Waals surface area (Å²) in [5, 5.41) is 0. The van der Waals surface area contributed by atoms with Crippen molar-refractivity contribution < 1.29 is 9.59 Å². The zero-order valence-corrected chi connectivity index (χ0v) is 11.5. The lowest BCUT2D eigenvalue weighted by Crippen LogP contribution is -2.28. The molecule has 6 heteroatoms. The Morgan fingerprint density at radius 3 is 2.85 bits per heavy atom. The highest BCUT2D eigenvalue weighted by Crippen LogP contribution is 2.25. The van der Waals surface area contributed by atoms with Gasteiger partial charge in [0.1, 0.15) is 5.82 Å². The number of aromatic nitrogens is 2. The molecule has 0 unspecified atom stereocenters. The predicted octanol–water partition coefficient (Wildman–Crippen LogP) is 1.32. The van der Waals surface area contributed by atoms with E-state index in [2.05, 4.69) is 4.98 Å². The van der Waals surface area contributed by atoms with Crippen LogP contribution in [0.2, 0.25) is 0 Å². The van der Waals surface area contributed by atoms with Gasteiger partial charge in [-0.15, -0.1) is 0 Å². The number of aryl methyl sites for hydroxylation is 1. The molecule has 20 heavy (non-hydrogen) atoms. The number of pyridine rings is 1. The summed E-state index contributed by atoms with van der Waals surface area (Å²) in [5.41, 5.74) is 8.91. The number of hydrogen-bond acceptors (Lipinski definition) is 4. The third kappa shape index (κ3) is 1.84. The monoisotopic (exact) mass is 272 g/mol. The molecule has 0 bridgehead atoms. The number of nitrogens with zero attached hydrogens (tertiary/aromatic N) is 3. The van der Waals surface area contributed by atoms with Crippen LogP contribution in [0.1, 0.15) is 29.4 Å². The Hall–Kier alpha value is -2.37. The molecule has 2 N–H and O–H groups in total. The Kier molecular flexibility index (Phi) is 2.74. The molecule has 104 valence electrons. The Labute approximate surface area is 116 Å². The van der Waals surface area contributed by atoms with Crippen LogP contribution in [-0.4, -0.2) is 32.8 Å². The van der Waals surface area contributed by atoms with Gasteiger partial charge < -0.3 is 10.6 Å². The first-order valence-corrected chi connectivity index (χ1v) is 6.53. The molecule has 1 amide bonds. The van der Waals surface area contributed by atoms with Gasteiger partial charge in [0, 0.05) is 25.6 Å². The maximum absolute atomic E-state index is 12.3. The van der Waals surface area contributed by atoms with Gasteiger partial charge in [0.05, 0.1) is 17.6 Å². The number of carbonyl (C=O) groups excluding carboxylic acids is 2. The van der Waals surface area contributed by atoms with Gasteiger partial charge in [0.2, 0.25) is 11.8 Å². The SMILES string of the molecule is CC(=O)N1CCC(=O)n2c(cc3nc(N)c(C)cc32)C1. The molecular formula is C14H16N4O2. The van der Waals surface area contributed by atoms with E-state index in [0.29, 0.717) is 30.8 Å². The standard InChI is InChI=1S/C14H16N4O2/c1-8-5-12-11(16-14(8)15)6-10-7-17(9(2)19)4-3-13(20)18(10)12/h5-6H,3-4,7H2,1-2H3,(H2,15,16). The van der Waals surface area contributed by atoms with Gasteiger partial charge in [-0.05, 0) is 24.6 Å². The van der Waals surface area contributed by atoms with Crippen molar-refractivity contribution in [3.05, 3.63) is 23.4 Å². The Bertz CT molecular complexity index is 732. The molecule has 6 nitrogen and oxygen atoms in total. The lowest BCUT2D eigenvalue weighted by Gasteiger charge is -2.16. The minimum absolute atomic E-state index is 0.00952. The maximum Gasteiger partial charge on any atom is 0.233 e. The number of anilines is 1. The van der Waals surface area contributed by atoms with E-state index in [1.165, 1.54) is 6.92 Å². The summed E-state index contributed by atoms with van der Waals surface area (Å²) in [6.07, 6.45) is 0.319. The fourth-order valence-electron chi connectivity index (χ4n) is 2.59. The normalized spacial score (nSPS) is 15.3. The molecule has 3 rings (SSSR count). The molecule has 2 aromatic rings. The molecule has 1 aliphatic rings. The van der Waals surface area contributed by atoms with Crippen LogP contribution in [-0.2, 0) is 11.3 Å². The van der Waals surface area contributed by atoms with Gasteiger partial charge >= 0.3 is 0 Å². The average Bonchev–Trinajstić information content (AvgIpc) is 2.62. The van der Waals surface area contributed by atoms with Crippen LogP contribution >= 0.6 is 0 Å². The van der Waals surface area contributed by atoms with Gasteiger partial charge in [0.25, 0.3) is 0 Å². The van der Waals surface area contributed by atoms with E-state index in [9.17, 15) is 9.59 Å². The number of carbonyl (C=O) groups is 2. The number of hydrogen-bond donors (Lipinski definition) is 1. The lowest BCUT2D eigenvalue weighted by atomic mass is 10.2. The van der Waals surface area contributed by atoms with Crippen LogP contribution in [0.25, 0.3) is 11.0 Å². The van der Waals surface area contributed by atoms with Crippen molar-refractivity contribution in [2.75, 3.05) is 12.3 Å². The van der Waals surface area contributed by atoms with Crippen LogP contribution < -0.4 is 5.73 Å². The van der Waals surface area contributed by atoms with Crippen molar-refractivity contribution >= 4 is 28.7 Å².